The van der Waals surface area contributed by atoms with Gasteiger partial charge in [0.15, 0.2) is 0 Å². The Bertz CT molecular complexity index is 478. The molecule has 116 valence electrons. The van der Waals surface area contributed by atoms with Crippen LogP contribution in [-0.4, -0.2) is 36.8 Å². The van der Waals surface area contributed by atoms with Gasteiger partial charge in [-0.3, -0.25) is 4.79 Å². The standard InChI is InChI=1S/C15H22N2O3S/c1-11(2)20-10-9-19-8-7-14(18)17-13-6-4-3-5-12(13)15(16)21/h3-6,11H,7-10H2,1-2H3,(H2,16,21)(H,17,18). The first-order valence-corrected chi connectivity index (χ1v) is 7.29. The Labute approximate surface area is 130 Å². The van der Waals surface area contributed by atoms with E-state index in [0.29, 0.717) is 31.1 Å². The lowest BCUT2D eigenvalue weighted by Crippen LogP contribution is -2.19. The summed E-state index contributed by atoms with van der Waals surface area (Å²) in [5.41, 5.74) is 6.89. The van der Waals surface area contributed by atoms with Gasteiger partial charge in [0.1, 0.15) is 4.99 Å². The van der Waals surface area contributed by atoms with E-state index in [0.717, 1.165) is 0 Å². The van der Waals surface area contributed by atoms with Gasteiger partial charge in [-0.05, 0) is 26.0 Å². The van der Waals surface area contributed by atoms with Crippen molar-refractivity contribution in [3.8, 4) is 0 Å². The van der Waals surface area contributed by atoms with Crippen molar-refractivity contribution in [1.82, 2.24) is 0 Å². The number of hydrogen-bond acceptors (Lipinski definition) is 4. The molecule has 0 atom stereocenters. The minimum atomic E-state index is -0.136. The van der Waals surface area contributed by atoms with Crippen LogP contribution < -0.4 is 11.1 Å². The lowest BCUT2D eigenvalue weighted by Gasteiger charge is -2.10. The van der Waals surface area contributed by atoms with Crippen LogP contribution in [0, 0.1) is 0 Å². The fraction of sp³-hybridized carbons (Fsp3) is 0.467. The van der Waals surface area contributed by atoms with Crippen LogP contribution in [-0.2, 0) is 14.3 Å². The van der Waals surface area contributed by atoms with Crippen molar-refractivity contribution in [2.45, 2.75) is 26.4 Å². The number of thiocarbonyl (C=S) groups is 1. The molecule has 21 heavy (non-hydrogen) atoms. The van der Waals surface area contributed by atoms with Crippen LogP contribution in [0.5, 0.6) is 0 Å². The fourth-order valence-electron chi connectivity index (χ4n) is 1.63. The molecule has 1 aromatic rings. The SMILES string of the molecule is CC(C)OCCOCCC(=O)Nc1ccccc1C(N)=S. The zero-order chi connectivity index (χ0) is 15.7. The second-order valence-electron chi connectivity index (χ2n) is 4.74. The molecule has 0 bridgehead atoms. The number of anilines is 1. The van der Waals surface area contributed by atoms with E-state index < -0.39 is 0 Å². The molecule has 1 amide bonds. The largest absolute Gasteiger partial charge is 0.389 e. The number of rotatable bonds is 9. The molecule has 0 saturated carbocycles. The van der Waals surface area contributed by atoms with Crippen molar-refractivity contribution < 1.29 is 14.3 Å². The van der Waals surface area contributed by atoms with Crippen LogP contribution in [0.25, 0.3) is 0 Å². The summed E-state index contributed by atoms with van der Waals surface area (Å²) >= 11 is 4.95. The summed E-state index contributed by atoms with van der Waals surface area (Å²) in [6.45, 7) is 5.29. The molecular weight excluding hydrogens is 288 g/mol. The summed E-state index contributed by atoms with van der Waals surface area (Å²) in [6, 6.07) is 7.18. The van der Waals surface area contributed by atoms with E-state index in [4.69, 9.17) is 27.4 Å². The molecule has 3 N–H and O–H groups in total. The molecule has 0 aliphatic carbocycles. The Balaban J connectivity index is 2.30. The van der Waals surface area contributed by atoms with Gasteiger partial charge in [-0.15, -0.1) is 0 Å². The fourth-order valence-corrected chi connectivity index (χ4v) is 1.81. The molecule has 6 heteroatoms. The summed E-state index contributed by atoms with van der Waals surface area (Å²) in [5, 5.41) is 2.78. The Morgan fingerprint density at radius 3 is 2.67 bits per heavy atom. The van der Waals surface area contributed by atoms with Gasteiger partial charge in [-0.2, -0.15) is 0 Å². The maximum atomic E-state index is 11.8. The summed E-state index contributed by atoms with van der Waals surface area (Å²) in [7, 11) is 0. The van der Waals surface area contributed by atoms with E-state index in [9.17, 15) is 4.79 Å². The number of carbonyl (C=O) groups excluding carboxylic acids is 1. The van der Waals surface area contributed by atoms with Gasteiger partial charge in [0.2, 0.25) is 5.91 Å². The Kier molecular flexibility index (Phi) is 7.89. The van der Waals surface area contributed by atoms with Crippen molar-refractivity contribution in [1.29, 1.82) is 0 Å². The average molecular weight is 310 g/mol. The van der Waals surface area contributed by atoms with Crippen LogP contribution in [0.2, 0.25) is 0 Å². The monoisotopic (exact) mass is 310 g/mol. The van der Waals surface area contributed by atoms with Crippen molar-refractivity contribution in [2.24, 2.45) is 5.73 Å². The van der Waals surface area contributed by atoms with Gasteiger partial charge >= 0.3 is 0 Å². The molecule has 0 aromatic heterocycles. The third kappa shape index (κ3) is 7.17. The number of benzene rings is 1. The normalized spacial score (nSPS) is 10.6. The highest BCUT2D eigenvalue weighted by Crippen LogP contribution is 2.14. The smallest absolute Gasteiger partial charge is 0.226 e. The molecule has 0 fully saturated rings. The van der Waals surface area contributed by atoms with Crippen molar-refractivity contribution >= 4 is 28.8 Å². The summed E-state index contributed by atoms with van der Waals surface area (Å²) in [6.07, 6.45) is 0.460. The van der Waals surface area contributed by atoms with Gasteiger partial charge in [0.25, 0.3) is 0 Å². The highest BCUT2D eigenvalue weighted by Gasteiger charge is 2.08. The molecule has 0 aliphatic rings. The van der Waals surface area contributed by atoms with Gasteiger partial charge in [-0.1, -0.05) is 24.4 Å². The molecule has 0 unspecified atom stereocenters. The lowest BCUT2D eigenvalue weighted by molar-refractivity contribution is -0.117. The average Bonchev–Trinajstić information content (AvgIpc) is 2.42. The topological polar surface area (TPSA) is 73.6 Å². The first kappa shape index (κ1) is 17.6. The number of ether oxygens (including phenoxy) is 2. The van der Waals surface area contributed by atoms with Crippen LogP contribution >= 0.6 is 12.2 Å². The highest BCUT2D eigenvalue weighted by atomic mass is 32.1. The summed E-state index contributed by atoms with van der Waals surface area (Å²) < 4.78 is 10.7. The van der Waals surface area contributed by atoms with E-state index in [2.05, 4.69) is 5.32 Å². The third-order valence-electron chi connectivity index (χ3n) is 2.62. The Morgan fingerprint density at radius 1 is 1.29 bits per heavy atom. The number of nitrogens with one attached hydrogen (secondary N) is 1. The zero-order valence-electron chi connectivity index (χ0n) is 12.4. The number of nitrogens with two attached hydrogens (primary N) is 1. The predicted octanol–water partition coefficient (Wildman–Crippen LogP) is 2.09. The lowest BCUT2D eigenvalue weighted by atomic mass is 10.1. The van der Waals surface area contributed by atoms with E-state index in [-0.39, 0.29) is 23.4 Å². The van der Waals surface area contributed by atoms with Crippen molar-refractivity contribution in [3.05, 3.63) is 29.8 Å². The zero-order valence-corrected chi connectivity index (χ0v) is 13.2. The van der Waals surface area contributed by atoms with Crippen LogP contribution in [0.15, 0.2) is 24.3 Å². The van der Waals surface area contributed by atoms with Gasteiger partial charge in [0, 0.05) is 5.56 Å². The first-order chi connectivity index (χ1) is 10.0. The van der Waals surface area contributed by atoms with E-state index in [1.54, 1.807) is 12.1 Å². The van der Waals surface area contributed by atoms with E-state index in [1.807, 2.05) is 26.0 Å². The van der Waals surface area contributed by atoms with Gasteiger partial charge in [0.05, 0.1) is 38.0 Å². The Morgan fingerprint density at radius 2 is 2.00 bits per heavy atom. The molecule has 0 saturated heterocycles. The molecular formula is C15H22N2O3S. The Hall–Kier alpha value is -1.50. The predicted molar refractivity (Wildman–Crippen MR) is 87.5 cm³/mol. The summed E-state index contributed by atoms with van der Waals surface area (Å²) in [4.78, 5) is 12.1. The summed E-state index contributed by atoms with van der Waals surface area (Å²) in [5.74, 6) is -0.136. The molecule has 0 heterocycles. The van der Waals surface area contributed by atoms with E-state index in [1.165, 1.54) is 0 Å². The van der Waals surface area contributed by atoms with Crippen molar-refractivity contribution in [3.63, 3.8) is 0 Å². The van der Waals surface area contributed by atoms with Gasteiger partial charge in [-0.25, -0.2) is 0 Å². The quantitative estimate of drug-likeness (QED) is 0.540. The minimum absolute atomic E-state index is 0.136. The van der Waals surface area contributed by atoms with Gasteiger partial charge < -0.3 is 20.5 Å². The third-order valence-corrected chi connectivity index (χ3v) is 2.84. The van der Waals surface area contributed by atoms with Crippen LogP contribution in [0.3, 0.4) is 0 Å². The van der Waals surface area contributed by atoms with Crippen LogP contribution in [0.1, 0.15) is 25.8 Å². The van der Waals surface area contributed by atoms with Crippen molar-refractivity contribution in [2.75, 3.05) is 25.1 Å². The first-order valence-electron chi connectivity index (χ1n) is 6.88. The number of amides is 1. The second-order valence-corrected chi connectivity index (χ2v) is 5.18. The number of para-hydroxylation sites is 1. The molecule has 1 aromatic carbocycles. The molecule has 0 aliphatic heterocycles. The molecule has 0 spiro atoms. The number of carbonyl (C=O) groups is 1. The highest BCUT2D eigenvalue weighted by molar-refractivity contribution is 7.80. The molecule has 5 nitrogen and oxygen atoms in total. The maximum Gasteiger partial charge on any atom is 0.226 e. The second kappa shape index (κ2) is 9.44. The molecule has 1 rings (SSSR count). The maximum absolute atomic E-state index is 11.8. The minimum Gasteiger partial charge on any atom is -0.389 e. The molecule has 0 radical (unpaired) electrons. The number of hydrogen-bond donors (Lipinski definition) is 2. The van der Waals surface area contributed by atoms with E-state index >= 15 is 0 Å². The van der Waals surface area contributed by atoms with Crippen LogP contribution in [0.4, 0.5) is 5.69 Å².